The number of anilines is 1. The molecule has 0 aromatic heterocycles. The minimum Gasteiger partial charge on any atom is -0.375 e. The molecule has 1 aliphatic rings. The number of nitrogen functional groups attached to an aromatic ring is 1. The van der Waals surface area contributed by atoms with Crippen molar-refractivity contribution in [2.45, 2.75) is 38.3 Å². The lowest BCUT2D eigenvalue weighted by atomic mass is 9.93. The number of ether oxygens (including phenoxy) is 1. The molecule has 1 heterocycles. The van der Waals surface area contributed by atoms with Crippen molar-refractivity contribution in [3.8, 4) is 0 Å². The van der Waals surface area contributed by atoms with Crippen molar-refractivity contribution in [2.75, 3.05) is 12.0 Å². The lowest BCUT2D eigenvalue weighted by Gasteiger charge is -2.35. The van der Waals surface area contributed by atoms with E-state index in [4.69, 9.17) is 10.6 Å². The van der Waals surface area contributed by atoms with Crippen LogP contribution >= 0.6 is 0 Å². The maximum Gasteiger partial charge on any atom is 0.253 e. The Bertz CT molecular complexity index is 505. The number of nitrogens with one attached hydrogen (secondary N) is 2. The Hall–Kier alpha value is -1.66. The Kier molecular flexibility index (Phi) is 4.25. The van der Waals surface area contributed by atoms with Crippen LogP contribution in [0.25, 0.3) is 0 Å². The topological polar surface area (TPSA) is 76.4 Å². The summed E-state index contributed by atoms with van der Waals surface area (Å²) < 4.78 is 19.2. The van der Waals surface area contributed by atoms with E-state index in [9.17, 15) is 9.18 Å². The van der Waals surface area contributed by atoms with Gasteiger partial charge in [0.15, 0.2) is 0 Å². The summed E-state index contributed by atoms with van der Waals surface area (Å²) in [5.41, 5.74) is 2.20. The first kappa shape index (κ1) is 14.7. The van der Waals surface area contributed by atoms with Crippen LogP contribution in [0.2, 0.25) is 0 Å². The van der Waals surface area contributed by atoms with Gasteiger partial charge in [0, 0.05) is 12.6 Å². The van der Waals surface area contributed by atoms with Gasteiger partial charge in [0.05, 0.1) is 16.9 Å². The van der Waals surface area contributed by atoms with Gasteiger partial charge in [-0.05, 0) is 38.8 Å². The number of hydrogen-bond donors (Lipinski definition) is 3. The summed E-state index contributed by atoms with van der Waals surface area (Å²) in [4.78, 5) is 12.2. The zero-order chi connectivity index (χ0) is 14.8. The summed E-state index contributed by atoms with van der Waals surface area (Å²) in [6.07, 6.45) is 1.47. The van der Waals surface area contributed by atoms with E-state index in [1.54, 1.807) is 0 Å². The molecule has 110 valence electrons. The lowest BCUT2D eigenvalue weighted by Crippen LogP contribution is -2.46. The van der Waals surface area contributed by atoms with Crippen molar-refractivity contribution in [1.82, 2.24) is 5.32 Å². The average Bonchev–Trinajstić information content (AvgIpc) is 2.37. The van der Waals surface area contributed by atoms with Gasteiger partial charge in [-0.1, -0.05) is 6.07 Å². The predicted molar refractivity (Wildman–Crippen MR) is 74.7 cm³/mol. The summed E-state index contributed by atoms with van der Waals surface area (Å²) >= 11 is 0. The molecule has 1 saturated heterocycles. The third-order valence-corrected chi connectivity index (χ3v) is 3.43. The van der Waals surface area contributed by atoms with Gasteiger partial charge in [-0.3, -0.25) is 10.6 Å². The molecule has 4 N–H and O–H groups in total. The second-order valence-corrected chi connectivity index (χ2v) is 5.58. The van der Waals surface area contributed by atoms with E-state index in [1.807, 2.05) is 13.8 Å². The van der Waals surface area contributed by atoms with E-state index in [-0.39, 0.29) is 28.8 Å². The summed E-state index contributed by atoms with van der Waals surface area (Å²) in [6, 6.07) is 4.29. The molecule has 5 nitrogen and oxygen atoms in total. The highest BCUT2D eigenvalue weighted by Gasteiger charge is 2.30. The summed E-state index contributed by atoms with van der Waals surface area (Å²) in [5, 5.41) is 2.91. The van der Waals surface area contributed by atoms with Gasteiger partial charge in [0.1, 0.15) is 5.82 Å². The van der Waals surface area contributed by atoms with E-state index in [0.717, 1.165) is 12.8 Å². The fraction of sp³-hybridized carbons (Fsp3) is 0.500. The number of halogens is 1. The molecule has 1 amide bonds. The maximum atomic E-state index is 13.6. The molecule has 2 rings (SSSR count). The molecule has 0 bridgehead atoms. The Morgan fingerprint density at radius 1 is 1.50 bits per heavy atom. The van der Waals surface area contributed by atoms with Crippen LogP contribution in [0, 0.1) is 5.82 Å². The molecule has 1 aromatic rings. The summed E-state index contributed by atoms with van der Waals surface area (Å²) in [5.74, 6) is 4.39. The van der Waals surface area contributed by atoms with Crippen molar-refractivity contribution in [1.29, 1.82) is 0 Å². The molecule has 1 fully saturated rings. The highest BCUT2D eigenvalue weighted by Crippen LogP contribution is 2.25. The van der Waals surface area contributed by atoms with Gasteiger partial charge in [-0.15, -0.1) is 0 Å². The number of nitrogens with two attached hydrogens (primary N) is 1. The third kappa shape index (κ3) is 3.26. The minimum atomic E-state index is -0.549. The molecule has 0 radical (unpaired) electrons. The first-order chi connectivity index (χ1) is 9.43. The molecule has 1 unspecified atom stereocenters. The van der Waals surface area contributed by atoms with Crippen LogP contribution in [0.4, 0.5) is 10.1 Å². The van der Waals surface area contributed by atoms with Crippen LogP contribution in [0.3, 0.4) is 0 Å². The molecular formula is C14H20FN3O2. The number of hydrazine groups is 1. The largest absolute Gasteiger partial charge is 0.375 e. The van der Waals surface area contributed by atoms with Gasteiger partial charge in [-0.2, -0.15) is 0 Å². The van der Waals surface area contributed by atoms with Crippen molar-refractivity contribution in [3.05, 3.63) is 29.6 Å². The number of rotatable bonds is 3. The molecular weight excluding hydrogens is 261 g/mol. The molecule has 1 aliphatic heterocycles. The van der Waals surface area contributed by atoms with Gasteiger partial charge < -0.3 is 15.5 Å². The number of benzene rings is 1. The van der Waals surface area contributed by atoms with Crippen LogP contribution in [0.1, 0.15) is 37.0 Å². The first-order valence-corrected chi connectivity index (χ1v) is 6.63. The van der Waals surface area contributed by atoms with E-state index in [1.165, 1.54) is 18.2 Å². The summed E-state index contributed by atoms with van der Waals surface area (Å²) in [6.45, 7) is 4.57. The fourth-order valence-electron chi connectivity index (χ4n) is 2.48. The van der Waals surface area contributed by atoms with Crippen LogP contribution < -0.4 is 16.6 Å². The minimum absolute atomic E-state index is 0.0105. The first-order valence-electron chi connectivity index (χ1n) is 6.63. The van der Waals surface area contributed by atoms with Crippen LogP contribution in [0.5, 0.6) is 0 Å². The Balaban J connectivity index is 2.11. The molecule has 1 aromatic carbocycles. The predicted octanol–water partition coefficient (Wildman–Crippen LogP) is 1.80. The van der Waals surface area contributed by atoms with Crippen molar-refractivity contribution < 1.29 is 13.9 Å². The highest BCUT2D eigenvalue weighted by molar-refractivity contribution is 5.99. The standard InChI is InChI=1S/C14H20FN3O2/c1-14(2)8-9(6-7-20-14)17-13(19)10-4-3-5-11(15)12(10)18-16/h3-5,9,18H,6-8,16H2,1-2H3,(H,17,19). The van der Waals surface area contributed by atoms with Crippen LogP contribution in [-0.2, 0) is 4.74 Å². The second-order valence-electron chi connectivity index (χ2n) is 5.58. The summed E-state index contributed by atoms with van der Waals surface area (Å²) in [7, 11) is 0. The number of hydrogen-bond acceptors (Lipinski definition) is 4. The van der Waals surface area contributed by atoms with Gasteiger partial charge in [0.2, 0.25) is 0 Å². The molecule has 0 saturated carbocycles. The van der Waals surface area contributed by atoms with Crippen molar-refractivity contribution in [2.24, 2.45) is 5.84 Å². The molecule has 0 spiro atoms. The fourth-order valence-corrected chi connectivity index (χ4v) is 2.48. The molecule has 1 atom stereocenters. The normalized spacial score (nSPS) is 21.3. The average molecular weight is 281 g/mol. The highest BCUT2D eigenvalue weighted by atomic mass is 19.1. The van der Waals surface area contributed by atoms with Crippen molar-refractivity contribution in [3.63, 3.8) is 0 Å². The van der Waals surface area contributed by atoms with Gasteiger partial charge in [0.25, 0.3) is 5.91 Å². The number of para-hydroxylation sites is 1. The van der Waals surface area contributed by atoms with Crippen LogP contribution in [-0.4, -0.2) is 24.2 Å². The number of amides is 1. The number of carbonyl (C=O) groups excluding carboxylic acids is 1. The Morgan fingerprint density at radius 3 is 2.90 bits per heavy atom. The van der Waals surface area contributed by atoms with E-state index >= 15 is 0 Å². The zero-order valence-electron chi connectivity index (χ0n) is 11.7. The zero-order valence-corrected chi connectivity index (χ0v) is 11.7. The number of carbonyl (C=O) groups is 1. The third-order valence-electron chi connectivity index (χ3n) is 3.43. The maximum absolute atomic E-state index is 13.6. The second kappa shape index (κ2) is 5.76. The van der Waals surface area contributed by atoms with Gasteiger partial charge >= 0.3 is 0 Å². The monoisotopic (exact) mass is 281 g/mol. The lowest BCUT2D eigenvalue weighted by molar-refractivity contribution is -0.0615. The van der Waals surface area contributed by atoms with Gasteiger partial charge in [-0.25, -0.2) is 4.39 Å². The van der Waals surface area contributed by atoms with Crippen LogP contribution in [0.15, 0.2) is 18.2 Å². The quantitative estimate of drug-likeness (QED) is 0.583. The SMILES string of the molecule is CC1(C)CC(NC(=O)c2cccc(F)c2NN)CCO1. The smallest absolute Gasteiger partial charge is 0.253 e. The van der Waals surface area contributed by atoms with E-state index < -0.39 is 5.82 Å². The van der Waals surface area contributed by atoms with Crippen molar-refractivity contribution >= 4 is 11.6 Å². The Labute approximate surface area is 117 Å². The molecule has 20 heavy (non-hydrogen) atoms. The molecule has 0 aliphatic carbocycles. The Morgan fingerprint density at radius 2 is 2.25 bits per heavy atom. The molecule has 6 heteroatoms. The van der Waals surface area contributed by atoms with E-state index in [0.29, 0.717) is 6.61 Å². The van der Waals surface area contributed by atoms with E-state index in [2.05, 4.69) is 10.7 Å².